The molecule has 3 aromatic heterocycles. The van der Waals surface area contributed by atoms with Gasteiger partial charge in [-0.25, -0.2) is 4.98 Å². The summed E-state index contributed by atoms with van der Waals surface area (Å²) < 4.78 is 5.17. The van der Waals surface area contributed by atoms with Gasteiger partial charge in [-0.05, 0) is 24.3 Å². The highest BCUT2D eigenvalue weighted by Gasteiger charge is 2.05. The van der Waals surface area contributed by atoms with Crippen LogP contribution in [0.5, 0.6) is 0 Å². The summed E-state index contributed by atoms with van der Waals surface area (Å²) in [6, 6.07) is 10.1. The van der Waals surface area contributed by atoms with Crippen molar-refractivity contribution in [1.29, 1.82) is 0 Å². The van der Waals surface area contributed by atoms with E-state index in [1.54, 1.807) is 18.7 Å². The fourth-order valence-corrected chi connectivity index (χ4v) is 2.20. The fraction of sp³-hybridized carbons (Fsp3) is 0. The minimum absolute atomic E-state index is 0.890. The molecule has 3 heterocycles. The lowest BCUT2D eigenvalue weighted by Crippen LogP contribution is -1.83. The van der Waals surface area contributed by atoms with Crippen LogP contribution in [0.2, 0.25) is 0 Å². The molecule has 3 heteroatoms. The number of fused-ring (bicyclic) bond motifs is 4. The SMILES string of the molecule is c1cnc2ccc3nc4cocc4cc3c2c1. The lowest BCUT2D eigenvalue weighted by atomic mass is 10.1. The Morgan fingerprint density at radius 2 is 1.82 bits per heavy atom. The Bertz CT molecular complexity index is 848. The van der Waals surface area contributed by atoms with Crippen molar-refractivity contribution in [3.05, 3.63) is 49.1 Å². The highest BCUT2D eigenvalue weighted by atomic mass is 16.3. The van der Waals surface area contributed by atoms with Gasteiger partial charge in [0.25, 0.3) is 0 Å². The van der Waals surface area contributed by atoms with Crippen LogP contribution in [-0.4, -0.2) is 9.97 Å². The van der Waals surface area contributed by atoms with Crippen molar-refractivity contribution in [3.8, 4) is 0 Å². The molecule has 0 unspecified atom stereocenters. The quantitative estimate of drug-likeness (QED) is 0.425. The summed E-state index contributed by atoms with van der Waals surface area (Å²) in [5.74, 6) is 0. The van der Waals surface area contributed by atoms with Crippen LogP contribution >= 0.6 is 0 Å². The van der Waals surface area contributed by atoms with Gasteiger partial charge in [0, 0.05) is 22.4 Å². The molecule has 4 rings (SSSR count). The first-order valence-electron chi connectivity index (χ1n) is 5.42. The normalized spacial score (nSPS) is 11.5. The summed E-state index contributed by atoms with van der Waals surface area (Å²) in [6.45, 7) is 0. The van der Waals surface area contributed by atoms with Gasteiger partial charge >= 0.3 is 0 Å². The number of hydrogen-bond acceptors (Lipinski definition) is 3. The average molecular weight is 220 g/mol. The van der Waals surface area contributed by atoms with Gasteiger partial charge in [-0.1, -0.05) is 6.07 Å². The molecule has 0 fully saturated rings. The van der Waals surface area contributed by atoms with Gasteiger partial charge in [-0.3, -0.25) is 4.98 Å². The van der Waals surface area contributed by atoms with Crippen LogP contribution in [0.4, 0.5) is 0 Å². The van der Waals surface area contributed by atoms with E-state index in [-0.39, 0.29) is 0 Å². The van der Waals surface area contributed by atoms with Crippen molar-refractivity contribution in [2.75, 3.05) is 0 Å². The van der Waals surface area contributed by atoms with Crippen molar-refractivity contribution < 1.29 is 4.42 Å². The molecule has 0 aliphatic heterocycles. The monoisotopic (exact) mass is 220 g/mol. The van der Waals surface area contributed by atoms with Crippen LogP contribution in [0.3, 0.4) is 0 Å². The molecular formula is C14H8N2O. The van der Waals surface area contributed by atoms with Crippen LogP contribution in [0.1, 0.15) is 0 Å². The van der Waals surface area contributed by atoms with Crippen molar-refractivity contribution in [2.24, 2.45) is 0 Å². The van der Waals surface area contributed by atoms with Crippen molar-refractivity contribution in [3.63, 3.8) is 0 Å². The zero-order chi connectivity index (χ0) is 11.2. The first kappa shape index (κ1) is 8.70. The molecule has 4 aromatic rings. The summed E-state index contributed by atoms with van der Waals surface area (Å²) in [7, 11) is 0. The Morgan fingerprint density at radius 1 is 0.882 bits per heavy atom. The molecule has 0 aliphatic carbocycles. The second-order valence-corrected chi connectivity index (χ2v) is 4.04. The van der Waals surface area contributed by atoms with Crippen LogP contribution < -0.4 is 0 Å². The molecule has 0 amide bonds. The Balaban J connectivity index is 2.30. The summed E-state index contributed by atoms with van der Waals surface area (Å²) in [4.78, 5) is 8.91. The largest absolute Gasteiger partial charge is 0.470 e. The highest BCUT2D eigenvalue weighted by Crippen LogP contribution is 2.26. The van der Waals surface area contributed by atoms with E-state index in [2.05, 4.69) is 22.1 Å². The fourth-order valence-electron chi connectivity index (χ4n) is 2.20. The molecule has 0 atom stereocenters. The molecule has 17 heavy (non-hydrogen) atoms. The summed E-state index contributed by atoms with van der Waals surface area (Å²) >= 11 is 0. The maximum Gasteiger partial charge on any atom is 0.117 e. The topological polar surface area (TPSA) is 38.9 Å². The van der Waals surface area contributed by atoms with Gasteiger partial charge in [0.15, 0.2) is 0 Å². The molecule has 1 aromatic carbocycles. The van der Waals surface area contributed by atoms with Gasteiger partial charge < -0.3 is 4.42 Å². The van der Waals surface area contributed by atoms with E-state index in [1.807, 2.05) is 18.2 Å². The van der Waals surface area contributed by atoms with Gasteiger partial charge in [-0.15, -0.1) is 0 Å². The maximum absolute atomic E-state index is 5.17. The van der Waals surface area contributed by atoms with E-state index in [1.165, 1.54) is 0 Å². The third kappa shape index (κ3) is 1.16. The van der Waals surface area contributed by atoms with Gasteiger partial charge in [0.2, 0.25) is 0 Å². The number of furan rings is 1. The third-order valence-electron chi connectivity index (χ3n) is 3.01. The predicted molar refractivity (Wildman–Crippen MR) is 66.8 cm³/mol. The second kappa shape index (κ2) is 3.04. The smallest absolute Gasteiger partial charge is 0.117 e. The summed E-state index contributed by atoms with van der Waals surface area (Å²) in [5, 5.41) is 3.26. The number of benzene rings is 1. The molecule has 0 radical (unpaired) electrons. The van der Waals surface area contributed by atoms with E-state index in [9.17, 15) is 0 Å². The molecule has 0 saturated carbocycles. The van der Waals surface area contributed by atoms with E-state index in [0.29, 0.717) is 0 Å². The molecule has 80 valence electrons. The molecule has 0 bridgehead atoms. The number of pyridine rings is 2. The van der Waals surface area contributed by atoms with E-state index in [4.69, 9.17) is 4.42 Å². The van der Waals surface area contributed by atoms with E-state index < -0.39 is 0 Å². The second-order valence-electron chi connectivity index (χ2n) is 4.04. The number of hydrogen-bond donors (Lipinski definition) is 0. The van der Waals surface area contributed by atoms with Crippen LogP contribution in [0.25, 0.3) is 32.7 Å². The Labute approximate surface area is 96.7 Å². The summed E-state index contributed by atoms with van der Waals surface area (Å²) in [5.41, 5.74) is 2.85. The average Bonchev–Trinajstić information content (AvgIpc) is 2.83. The van der Waals surface area contributed by atoms with Crippen molar-refractivity contribution in [2.45, 2.75) is 0 Å². The third-order valence-corrected chi connectivity index (χ3v) is 3.01. The van der Waals surface area contributed by atoms with Crippen LogP contribution in [0.15, 0.2) is 53.5 Å². The number of aromatic nitrogens is 2. The molecule has 0 saturated heterocycles. The lowest BCUT2D eigenvalue weighted by molar-refractivity contribution is 0.572. The van der Waals surface area contributed by atoms with Gasteiger partial charge in [0.05, 0.1) is 17.3 Å². The zero-order valence-corrected chi connectivity index (χ0v) is 8.92. The molecule has 0 aliphatic rings. The van der Waals surface area contributed by atoms with Gasteiger partial charge in [-0.2, -0.15) is 0 Å². The molecule has 0 spiro atoms. The van der Waals surface area contributed by atoms with E-state index >= 15 is 0 Å². The minimum Gasteiger partial charge on any atom is -0.470 e. The first-order chi connectivity index (χ1) is 8.42. The number of rotatable bonds is 0. The standard InChI is InChI=1S/C14H8N2O/c1-2-10-11-6-9-7-17-8-14(9)16-13(11)4-3-12(10)15-5-1/h1-8H. The van der Waals surface area contributed by atoms with Crippen LogP contribution in [0, 0.1) is 0 Å². The Hall–Kier alpha value is -2.42. The van der Waals surface area contributed by atoms with Crippen molar-refractivity contribution in [1.82, 2.24) is 9.97 Å². The maximum atomic E-state index is 5.17. The van der Waals surface area contributed by atoms with E-state index in [0.717, 1.165) is 32.7 Å². The van der Waals surface area contributed by atoms with Gasteiger partial charge in [0.1, 0.15) is 11.8 Å². The molecular weight excluding hydrogens is 212 g/mol. The zero-order valence-electron chi connectivity index (χ0n) is 8.92. The first-order valence-corrected chi connectivity index (χ1v) is 5.42. The Morgan fingerprint density at radius 3 is 2.82 bits per heavy atom. The molecule has 3 nitrogen and oxygen atoms in total. The minimum atomic E-state index is 0.890. The Kier molecular flexibility index (Phi) is 1.56. The van der Waals surface area contributed by atoms with Crippen molar-refractivity contribution >= 4 is 32.7 Å². The van der Waals surface area contributed by atoms with Crippen LogP contribution in [-0.2, 0) is 0 Å². The molecule has 0 N–H and O–H groups in total. The number of nitrogens with zero attached hydrogens (tertiary/aromatic N) is 2. The predicted octanol–water partition coefficient (Wildman–Crippen LogP) is 3.53. The lowest BCUT2D eigenvalue weighted by Gasteiger charge is -2.02. The summed E-state index contributed by atoms with van der Waals surface area (Å²) in [6.07, 6.45) is 5.19. The highest BCUT2D eigenvalue weighted by molar-refractivity contribution is 6.08.